The van der Waals surface area contributed by atoms with Gasteiger partial charge in [-0.05, 0) is 44.3 Å². The van der Waals surface area contributed by atoms with Gasteiger partial charge in [-0.15, -0.1) is 0 Å². The maximum absolute atomic E-state index is 12.1. The van der Waals surface area contributed by atoms with Crippen LogP contribution < -0.4 is 10.5 Å². The first-order chi connectivity index (χ1) is 17.9. The SMILES string of the molecule is COC(=O)C1CCCCN1CCCCOc1cc2nc(N)nc(C(C)c3ccccc3)c2cc1[N+](=O)[O-]. The van der Waals surface area contributed by atoms with E-state index in [0.717, 1.165) is 44.3 Å². The van der Waals surface area contributed by atoms with Crippen molar-refractivity contribution in [3.63, 3.8) is 0 Å². The van der Waals surface area contributed by atoms with E-state index in [4.69, 9.17) is 15.2 Å². The van der Waals surface area contributed by atoms with Crippen LogP contribution in [-0.2, 0) is 9.53 Å². The lowest BCUT2D eigenvalue weighted by Gasteiger charge is -2.33. The first-order valence-corrected chi connectivity index (χ1v) is 12.6. The van der Waals surface area contributed by atoms with E-state index in [1.165, 1.54) is 13.2 Å². The molecular formula is C27H33N5O5. The minimum atomic E-state index is -0.448. The summed E-state index contributed by atoms with van der Waals surface area (Å²) < 4.78 is 10.8. The molecule has 3 aromatic rings. The van der Waals surface area contributed by atoms with Gasteiger partial charge in [-0.1, -0.05) is 43.7 Å². The zero-order chi connectivity index (χ0) is 26.4. The average molecular weight is 508 g/mol. The van der Waals surface area contributed by atoms with E-state index >= 15 is 0 Å². The Kier molecular flexibility index (Phi) is 8.50. The highest BCUT2D eigenvalue weighted by Gasteiger charge is 2.29. The average Bonchev–Trinajstić information content (AvgIpc) is 2.91. The number of ether oxygens (including phenoxy) is 2. The molecule has 196 valence electrons. The number of anilines is 1. The van der Waals surface area contributed by atoms with Gasteiger partial charge in [0.2, 0.25) is 5.95 Å². The monoisotopic (exact) mass is 507 g/mol. The van der Waals surface area contributed by atoms with Crippen molar-refractivity contribution in [1.82, 2.24) is 14.9 Å². The molecule has 4 rings (SSSR count). The Morgan fingerprint density at radius 1 is 1.22 bits per heavy atom. The minimum absolute atomic E-state index is 0.103. The highest BCUT2D eigenvalue weighted by molar-refractivity contribution is 5.87. The number of nitro benzene ring substituents is 1. The van der Waals surface area contributed by atoms with Crippen LogP contribution in [-0.4, -0.2) is 58.6 Å². The van der Waals surface area contributed by atoms with Crippen LogP contribution in [0.3, 0.4) is 0 Å². The quantitative estimate of drug-likeness (QED) is 0.183. The molecule has 2 N–H and O–H groups in total. The van der Waals surface area contributed by atoms with Gasteiger partial charge in [0.05, 0.1) is 29.9 Å². The summed E-state index contributed by atoms with van der Waals surface area (Å²) >= 11 is 0. The van der Waals surface area contributed by atoms with Crippen LogP contribution in [0.4, 0.5) is 11.6 Å². The van der Waals surface area contributed by atoms with Crippen LogP contribution in [0.25, 0.3) is 10.9 Å². The summed E-state index contributed by atoms with van der Waals surface area (Å²) in [5, 5.41) is 12.5. The lowest BCUT2D eigenvalue weighted by atomic mass is 9.94. The van der Waals surface area contributed by atoms with Gasteiger partial charge in [0.15, 0.2) is 5.75 Å². The number of benzene rings is 2. The molecule has 2 atom stereocenters. The van der Waals surface area contributed by atoms with Gasteiger partial charge in [-0.25, -0.2) is 9.97 Å². The van der Waals surface area contributed by atoms with Gasteiger partial charge in [0, 0.05) is 23.4 Å². The maximum Gasteiger partial charge on any atom is 0.323 e. The molecule has 0 saturated carbocycles. The lowest BCUT2D eigenvalue weighted by molar-refractivity contribution is -0.385. The largest absolute Gasteiger partial charge is 0.487 e. The fourth-order valence-corrected chi connectivity index (χ4v) is 4.94. The molecule has 37 heavy (non-hydrogen) atoms. The lowest BCUT2D eigenvalue weighted by Crippen LogP contribution is -2.45. The third-order valence-corrected chi connectivity index (χ3v) is 6.91. The summed E-state index contributed by atoms with van der Waals surface area (Å²) in [4.78, 5) is 34.4. The number of fused-ring (bicyclic) bond motifs is 1. The van der Waals surface area contributed by atoms with Crippen molar-refractivity contribution in [2.75, 3.05) is 32.5 Å². The van der Waals surface area contributed by atoms with Crippen molar-refractivity contribution in [3.05, 3.63) is 63.8 Å². The zero-order valence-electron chi connectivity index (χ0n) is 21.3. The summed E-state index contributed by atoms with van der Waals surface area (Å²) in [5.41, 5.74) is 8.02. The molecule has 1 fully saturated rings. The second-order valence-electron chi connectivity index (χ2n) is 9.32. The predicted octanol–water partition coefficient (Wildman–Crippen LogP) is 4.46. The summed E-state index contributed by atoms with van der Waals surface area (Å²) in [5.74, 6) is -0.0694. The molecular weight excluding hydrogens is 474 g/mol. The van der Waals surface area contributed by atoms with Crippen LogP contribution in [0, 0.1) is 10.1 Å². The molecule has 10 heteroatoms. The van der Waals surface area contributed by atoms with Crippen LogP contribution in [0.1, 0.15) is 56.2 Å². The Morgan fingerprint density at radius 2 is 2.00 bits per heavy atom. The van der Waals surface area contributed by atoms with Crippen molar-refractivity contribution in [1.29, 1.82) is 0 Å². The Labute approximate surface area is 215 Å². The molecule has 2 aromatic carbocycles. The van der Waals surface area contributed by atoms with Crippen molar-refractivity contribution < 1.29 is 19.2 Å². The Hall–Kier alpha value is -3.79. The van der Waals surface area contributed by atoms with E-state index in [-0.39, 0.29) is 35.3 Å². The number of carbonyl (C=O) groups is 1. The number of piperidine rings is 1. The molecule has 0 amide bonds. The molecule has 2 heterocycles. The molecule has 0 spiro atoms. The predicted molar refractivity (Wildman–Crippen MR) is 141 cm³/mol. The number of carbonyl (C=O) groups excluding carboxylic acids is 1. The second-order valence-corrected chi connectivity index (χ2v) is 9.32. The summed E-state index contributed by atoms with van der Waals surface area (Å²) in [6.45, 7) is 3.89. The van der Waals surface area contributed by atoms with Crippen LogP contribution in [0.5, 0.6) is 5.75 Å². The molecule has 0 bridgehead atoms. The summed E-state index contributed by atoms with van der Waals surface area (Å²) in [7, 11) is 1.42. The topological polar surface area (TPSA) is 134 Å². The molecule has 0 aliphatic carbocycles. The number of nitrogens with zero attached hydrogens (tertiary/aromatic N) is 4. The molecule has 1 saturated heterocycles. The third-order valence-electron chi connectivity index (χ3n) is 6.91. The van der Waals surface area contributed by atoms with E-state index < -0.39 is 4.92 Å². The van der Waals surface area contributed by atoms with Crippen LogP contribution >= 0.6 is 0 Å². The highest BCUT2D eigenvalue weighted by atomic mass is 16.6. The van der Waals surface area contributed by atoms with Crippen LogP contribution in [0.15, 0.2) is 42.5 Å². The van der Waals surface area contributed by atoms with Crippen molar-refractivity contribution in [2.45, 2.75) is 51.0 Å². The fourth-order valence-electron chi connectivity index (χ4n) is 4.94. The number of nitrogens with two attached hydrogens (primary N) is 1. The third kappa shape index (κ3) is 6.14. The second kappa shape index (κ2) is 12.0. The molecule has 0 radical (unpaired) electrons. The number of unbranched alkanes of at least 4 members (excludes halogenated alkanes) is 1. The van der Waals surface area contributed by atoms with Gasteiger partial charge in [0.1, 0.15) is 6.04 Å². The molecule has 1 aliphatic rings. The molecule has 1 aliphatic heterocycles. The number of hydrogen-bond donors (Lipinski definition) is 1. The number of esters is 1. The number of nitro groups is 1. The van der Waals surface area contributed by atoms with Gasteiger partial charge in [-0.3, -0.25) is 19.8 Å². The number of hydrogen-bond acceptors (Lipinski definition) is 9. The summed E-state index contributed by atoms with van der Waals surface area (Å²) in [6, 6.07) is 12.6. The molecule has 1 aromatic heterocycles. The number of methoxy groups -OCH3 is 1. The zero-order valence-corrected chi connectivity index (χ0v) is 21.3. The Morgan fingerprint density at radius 3 is 2.73 bits per heavy atom. The van der Waals surface area contributed by atoms with Crippen LogP contribution in [0.2, 0.25) is 0 Å². The van der Waals surface area contributed by atoms with Gasteiger partial charge < -0.3 is 15.2 Å². The van der Waals surface area contributed by atoms with Crippen molar-refractivity contribution in [2.24, 2.45) is 0 Å². The first kappa shape index (κ1) is 26.3. The number of aromatic nitrogens is 2. The first-order valence-electron chi connectivity index (χ1n) is 12.6. The molecule has 2 unspecified atom stereocenters. The Bertz CT molecular complexity index is 1250. The smallest absolute Gasteiger partial charge is 0.323 e. The maximum atomic E-state index is 12.1. The summed E-state index contributed by atoms with van der Waals surface area (Å²) in [6.07, 6.45) is 4.36. The van der Waals surface area contributed by atoms with E-state index in [1.807, 2.05) is 37.3 Å². The highest BCUT2D eigenvalue weighted by Crippen LogP contribution is 2.36. The Balaban J connectivity index is 1.48. The van der Waals surface area contributed by atoms with Crippen molar-refractivity contribution >= 4 is 28.5 Å². The molecule has 10 nitrogen and oxygen atoms in total. The van der Waals surface area contributed by atoms with Crippen molar-refractivity contribution in [3.8, 4) is 5.75 Å². The standard InChI is InChI=1S/C27H33N5O5/c1-18(19-10-4-3-5-11-19)25-20-16-23(32(34)35)24(17-21(20)29-27(28)30-25)37-15-9-8-14-31-13-7-6-12-22(31)26(33)36-2/h3-5,10-11,16-18,22H,6-9,12-15H2,1-2H3,(H2,28,29,30). The van der Waals surface area contributed by atoms with E-state index in [2.05, 4.69) is 14.9 Å². The van der Waals surface area contributed by atoms with E-state index in [1.54, 1.807) is 6.07 Å². The normalized spacial score (nSPS) is 16.9. The van der Waals surface area contributed by atoms with E-state index in [0.29, 0.717) is 29.6 Å². The van der Waals surface area contributed by atoms with Gasteiger partial charge >= 0.3 is 11.7 Å². The van der Waals surface area contributed by atoms with E-state index in [9.17, 15) is 14.9 Å². The minimum Gasteiger partial charge on any atom is -0.487 e. The van der Waals surface area contributed by atoms with Gasteiger partial charge in [-0.2, -0.15) is 0 Å². The van der Waals surface area contributed by atoms with Gasteiger partial charge in [0.25, 0.3) is 0 Å². The number of nitrogen functional groups attached to an aromatic ring is 1. The number of likely N-dealkylation sites (tertiary alicyclic amines) is 1. The number of rotatable bonds is 10. The fraction of sp³-hybridized carbons (Fsp3) is 0.444.